The Bertz CT molecular complexity index is 385. The van der Waals surface area contributed by atoms with Gasteiger partial charge in [-0.2, -0.15) is 0 Å². The van der Waals surface area contributed by atoms with E-state index in [1.165, 1.54) is 25.7 Å². The zero-order valence-corrected chi connectivity index (χ0v) is 12.4. The number of ketones is 1. The molecule has 2 heteroatoms. The van der Waals surface area contributed by atoms with E-state index < -0.39 is 0 Å². The lowest BCUT2D eigenvalue weighted by molar-refractivity contribution is 0.0482. The third kappa shape index (κ3) is 6.02. The molecule has 0 fully saturated rings. The third-order valence-corrected chi connectivity index (χ3v) is 3.41. The van der Waals surface area contributed by atoms with Crippen LogP contribution in [-0.4, -0.2) is 18.5 Å². The molecular formula is C17H26O2. The Morgan fingerprint density at radius 2 is 1.95 bits per heavy atom. The van der Waals surface area contributed by atoms with Gasteiger partial charge in [-0.15, -0.1) is 0 Å². The summed E-state index contributed by atoms with van der Waals surface area (Å²) in [5, 5.41) is 0. The van der Waals surface area contributed by atoms with Crippen molar-refractivity contribution in [2.75, 3.05) is 6.61 Å². The van der Waals surface area contributed by atoms with E-state index in [0.717, 1.165) is 17.5 Å². The molecule has 0 aliphatic heterocycles. The normalized spacial score (nSPS) is 12.4. The third-order valence-electron chi connectivity index (χ3n) is 3.41. The van der Waals surface area contributed by atoms with Crippen LogP contribution in [0.3, 0.4) is 0 Å². The smallest absolute Gasteiger partial charge is 0.188 e. The average Bonchev–Trinajstić information content (AvgIpc) is 2.41. The quantitative estimate of drug-likeness (QED) is 0.482. The number of unbranched alkanes of at least 4 members (excludes halogenated alkanes) is 3. The molecule has 0 spiro atoms. The van der Waals surface area contributed by atoms with Crippen LogP contribution in [0.5, 0.6) is 0 Å². The molecule has 1 aromatic rings. The zero-order chi connectivity index (χ0) is 14.1. The fourth-order valence-corrected chi connectivity index (χ4v) is 2.12. The summed E-state index contributed by atoms with van der Waals surface area (Å²) in [6, 6.07) is 7.67. The minimum Gasteiger partial charge on any atom is -0.370 e. The van der Waals surface area contributed by atoms with E-state index in [9.17, 15) is 4.79 Å². The van der Waals surface area contributed by atoms with Gasteiger partial charge in [0.15, 0.2) is 5.78 Å². The summed E-state index contributed by atoms with van der Waals surface area (Å²) in [5.41, 5.74) is 1.80. The van der Waals surface area contributed by atoms with Crippen LogP contribution in [0.25, 0.3) is 0 Å². The molecule has 0 amide bonds. The number of hydrogen-bond acceptors (Lipinski definition) is 2. The van der Waals surface area contributed by atoms with Crippen LogP contribution in [0.4, 0.5) is 0 Å². The van der Waals surface area contributed by atoms with Gasteiger partial charge in [0.2, 0.25) is 0 Å². The van der Waals surface area contributed by atoms with Crippen molar-refractivity contribution in [3.8, 4) is 0 Å². The molecule has 0 bridgehead atoms. The van der Waals surface area contributed by atoms with E-state index in [2.05, 4.69) is 13.8 Å². The number of hydrogen-bond donors (Lipinski definition) is 0. The Hall–Kier alpha value is -1.15. The molecule has 0 N–H and O–H groups in total. The molecule has 1 atom stereocenters. The number of rotatable bonds is 9. The molecule has 1 rings (SSSR count). The Kier molecular flexibility index (Phi) is 7.42. The Morgan fingerprint density at radius 1 is 1.21 bits per heavy atom. The fraction of sp³-hybridized carbons (Fsp3) is 0.588. The highest BCUT2D eigenvalue weighted by Gasteiger charge is 2.10. The summed E-state index contributed by atoms with van der Waals surface area (Å²) >= 11 is 0. The first kappa shape index (κ1) is 15.9. The van der Waals surface area contributed by atoms with Gasteiger partial charge in [-0.25, -0.2) is 0 Å². The molecular weight excluding hydrogens is 236 g/mol. The van der Waals surface area contributed by atoms with Gasteiger partial charge in [0, 0.05) is 5.56 Å². The summed E-state index contributed by atoms with van der Waals surface area (Å²) in [4.78, 5) is 12.0. The van der Waals surface area contributed by atoms with Crippen LogP contribution in [0.2, 0.25) is 0 Å². The Labute approximate surface area is 117 Å². The molecule has 106 valence electrons. The minimum absolute atomic E-state index is 0.0820. The molecule has 19 heavy (non-hydrogen) atoms. The average molecular weight is 262 g/mol. The second-order valence-electron chi connectivity index (χ2n) is 5.21. The van der Waals surface area contributed by atoms with Gasteiger partial charge < -0.3 is 4.74 Å². The zero-order valence-electron chi connectivity index (χ0n) is 12.4. The van der Waals surface area contributed by atoms with Crippen molar-refractivity contribution < 1.29 is 9.53 Å². The molecule has 1 aromatic carbocycles. The molecule has 0 aliphatic rings. The van der Waals surface area contributed by atoms with Crippen molar-refractivity contribution in [3.05, 3.63) is 35.4 Å². The van der Waals surface area contributed by atoms with Crippen molar-refractivity contribution in [1.82, 2.24) is 0 Å². The second-order valence-corrected chi connectivity index (χ2v) is 5.21. The first-order valence-electron chi connectivity index (χ1n) is 7.35. The maximum Gasteiger partial charge on any atom is 0.188 e. The Morgan fingerprint density at radius 3 is 2.63 bits per heavy atom. The first-order valence-corrected chi connectivity index (χ1v) is 7.35. The topological polar surface area (TPSA) is 26.3 Å². The number of benzene rings is 1. The molecule has 0 saturated heterocycles. The number of carbonyl (C=O) groups excluding carboxylic acids is 1. The lowest BCUT2D eigenvalue weighted by atomic mass is 10.1. The number of aryl methyl sites for hydroxylation is 1. The van der Waals surface area contributed by atoms with Gasteiger partial charge in [0.1, 0.15) is 6.61 Å². The first-order chi connectivity index (χ1) is 9.15. The van der Waals surface area contributed by atoms with Crippen molar-refractivity contribution in [3.63, 3.8) is 0 Å². The summed E-state index contributed by atoms with van der Waals surface area (Å²) in [7, 11) is 0. The van der Waals surface area contributed by atoms with Crippen LogP contribution in [0.1, 0.15) is 61.9 Å². The maximum absolute atomic E-state index is 12.0. The largest absolute Gasteiger partial charge is 0.370 e. The second kappa shape index (κ2) is 8.87. The van der Waals surface area contributed by atoms with E-state index in [1.807, 2.05) is 31.2 Å². The van der Waals surface area contributed by atoms with Gasteiger partial charge in [-0.1, -0.05) is 56.9 Å². The van der Waals surface area contributed by atoms with E-state index in [-0.39, 0.29) is 18.5 Å². The Balaban J connectivity index is 2.28. The minimum atomic E-state index is 0.0820. The fourth-order valence-electron chi connectivity index (χ4n) is 2.12. The number of ether oxygens (including phenoxy) is 1. The van der Waals surface area contributed by atoms with Gasteiger partial charge >= 0.3 is 0 Å². The molecule has 0 aliphatic carbocycles. The standard InChI is InChI=1S/C17H26O2/c1-4-5-6-7-11-15(3)19-13-17(18)16-12-9-8-10-14(16)2/h8-10,12,15H,4-7,11,13H2,1-3H3. The van der Waals surface area contributed by atoms with Crippen LogP contribution in [0.15, 0.2) is 24.3 Å². The summed E-state index contributed by atoms with van der Waals surface area (Å²) in [6.07, 6.45) is 6.20. The summed E-state index contributed by atoms with van der Waals surface area (Å²) < 4.78 is 5.64. The van der Waals surface area contributed by atoms with E-state index >= 15 is 0 Å². The van der Waals surface area contributed by atoms with Crippen LogP contribution in [0, 0.1) is 6.92 Å². The highest BCUT2D eigenvalue weighted by molar-refractivity contribution is 5.98. The summed E-state index contributed by atoms with van der Waals surface area (Å²) in [6.45, 7) is 6.42. The van der Waals surface area contributed by atoms with Crippen molar-refractivity contribution in [2.24, 2.45) is 0 Å². The molecule has 0 aromatic heterocycles. The molecule has 0 saturated carbocycles. The van der Waals surface area contributed by atoms with Gasteiger partial charge in [-0.05, 0) is 25.8 Å². The molecule has 1 unspecified atom stereocenters. The van der Waals surface area contributed by atoms with Gasteiger partial charge in [-0.3, -0.25) is 4.79 Å². The summed E-state index contributed by atoms with van der Waals surface area (Å²) in [5.74, 6) is 0.0820. The van der Waals surface area contributed by atoms with Crippen LogP contribution >= 0.6 is 0 Å². The lowest BCUT2D eigenvalue weighted by Gasteiger charge is -2.13. The van der Waals surface area contributed by atoms with Crippen molar-refractivity contribution >= 4 is 5.78 Å². The number of Topliss-reactive ketones (excluding diaryl/α,β-unsaturated/α-hetero) is 1. The highest BCUT2D eigenvalue weighted by Crippen LogP contribution is 2.11. The maximum atomic E-state index is 12.0. The highest BCUT2D eigenvalue weighted by atomic mass is 16.5. The predicted octanol–water partition coefficient (Wildman–Crippen LogP) is 4.55. The molecule has 0 radical (unpaired) electrons. The molecule has 2 nitrogen and oxygen atoms in total. The van der Waals surface area contributed by atoms with Gasteiger partial charge in [0.25, 0.3) is 0 Å². The SMILES string of the molecule is CCCCCCC(C)OCC(=O)c1ccccc1C. The monoisotopic (exact) mass is 262 g/mol. The van der Waals surface area contributed by atoms with E-state index in [4.69, 9.17) is 4.74 Å². The van der Waals surface area contributed by atoms with E-state index in [0.29, 0.717) is 0 Å². The lowest BCUT2D eigenvalue weighted by Crippen LogP contribution is -2.16. The predicted molar refractivity (Wildman–Crippen MR) is 79.7 cm³/mol. The van der Waals surface area contributed by atoms with E-state index in [1.54, 1.807) is 0 Å². The van der Waals surface area contributed by atoms with Crippen molar-refractivity contribution in [1.29, 1.82) is 0 Å². The van der Waals surface area contributed by atoms with Crippen LogP contribution < -0.4 is 0 Å². The van der Waals surface area contributed by atoms with Crippen molar-refractivity contribution in [2.45, 2.75) is 59.0 Å². The van der Waals surface area contributed by atoms with Gasteiger partial charge in [0.05, 0.1) is 6.10 Å². The van der Waals surface area contributed by atoms with Crippen LogP contribution in [-0.2, 0) is 4.74 Å². The molecule has 0 heterocycles. The number of carbonyl (C=O) groups is 1.